The number of nitrogens with two attached hydrogens (primary N) is 1. The Balaban J connectivity index is 2.27. The molecular formula is C12H19N3O3. The molecule has 0 aliphatic heterocycles. The molecule has 0 radical (unpaired) electrons. The van der Waals surface area contributed by atoms with Crippen molar-refractivity contribution in [3.05, 3.63) is 5.53 Å². The van der Waals surface area contributed by atoms with Gasteiger partial charge in [0.15, 0.2) is 0 Å². The normalized spacial score (nSPS) is 17.6. The Morgan fingerprint density at radius 3 is 2.67 bits per heavy atom. The number of Topliss-reactive ketones (excluding diaryl/α,β-unsaturated/α-hetero) is 1. The molecule has 0 heterocycles. The zero-order valence-electron chi connectivity index (χ0n) is 10.4. The Kier molecular flexibility index (Phi) is 6.25. The summed E-state index contributed by atoms with van der Waals surface area (Å²) in [6.07, 6.45) is 6.21. The lowest BCUT2D eigenvalue weighted by atomic mass is 9.98. The molecule has 0 amide bonds. The van der Waals surface area contributed by atoms with E-state index in [-0.39, 0.29) is 24.7 Å². The number of nitrogens with zero attached hydrogens (tertiary/aromatic N) is 2. The predicted molar refractivity (Wildman–Crippen MR) is 64.9 cm³/mol. The van der Waals surface area contributed by atoms with E-state index in [1.54, 1.807) is 0 Å². The van der Waals surface area contributed by atoms with Crippen LogP contribution in [0.25, 0.3) is 5.53 Å². The third kappa shape index (κ3) is 5.21. The van der Waals surface area contributed by atoms with E-state index in [0.29, 0.717) is 0 Å². The van der Waals surface area contributed by atoms with E-state index in [2.05, 4.69) is 4.79 Å². The average molecular weight is 253 g/mol. The largest absolute Gasteiger partial charge is 0.461 e. The van der Waals surface area contributed by atoms with Gasteiger partial charge in [0.25, 0.3) is 0 Å². The molecule has 0 bridgehead atoms. The minimum atomic E-state index is -0.789. The quantitative estimate of drug-likeness (QED) is 0.327. The molecule has 1 fully saturated rings. The summed E-state index contributed by atoms with van der Waals surface area (Å²) >= 11 is 0. The molecule has 1 rings (SSSR count). The predicted octanol–water partition coefficient (Wildman–Crippen LogP) is 0.839. The number of hydrogen-bond donors (Lipinski definition) is 1. The third-order valence-corrected chi connectivity index (χ3v) is 3.04. The monoisotopic (exact) mass is 253 g/mol. The number of ether oxygens (including phenoxy) is 1. The van der Waals surface area contributed by atoms with Gasteiger partial charge in [-0.05, 0) is 32.1 Å². The maximum Gasteiger partial charge on any atom is 0.323 e. The Labute approximate surface area is 106 Å². The number of carbonyl (C=O) groups excluding carboxylic acids is 2. The number of rotatable bonds is 6. The van der Waals surface area contributed by atoms with Gasteiger partial charge in [0, 0.05) is 6.42 Å². The van der Waals surface area contributed by atoms with Crippen LogP contribution >= 0.6 is 0 Å². The van der Waals surface area contributed by atoms with Gasteiger partial charge < -0.3 is 16.0 Å². The zero-order chi connectivity index (χ0) is 13.4. The molecule has 0 saturated heterocycles. The van der Waals surface area contributed by atoms with Crippen molar-refractivity contribution in [2.75, 3.05) is 0 Å². The van der Waals surface area contributed by atoms with Crippen LogP contribution in [-0.4, -0.2) is 34.9 Å². The molecule has 100 valence electrons. The number of carbonyl (C=O) groups is 2. The van der Waals surface area contributed by atoms with Crippen molar-refractivity contribution in [1.82, 2.24) is 0 Å². The van der Waals surface area contributed by atoms with Gasteiger partial charge in [0.2, 0.25) is 5.78 Å². The lowest BCUT2D eigenvalue weighted by molar-refractivity contribution is -0.152. The first kappa shape index (κ1) is 14.5. The number of hydrogen-bond acceptors (Lipinski definition) is 4. The topological polar surface area (TPSA) is 106 Å². The first-order valence-corrected chi connectivity index (χ1v) is 6.30. The molecule has 18 heavy (non-hydrogen) atoms. The van der Waals surface area contributed by atoms with Crippen molar-refractivity contribution >= 4 is 18.0 Å². The van der Waals surface area contributed by atoms with Crippen LogP contribution in [0.4, 0.5) is 0 Å². The standard InChI is InChI=1S/C12H19N3O3/c13-11(7-6-9(16)8-15-14)12(17)18-10-4-2-1-3-5-10/h8,10-11H,1-7,13H2. The SMILES string of the molecule is [N-]=[N+]=CC(=O)CCC(N)C(=O)OC1CCCCC1. The third-order valence-electron chi connectivity index (χ3n) is 3.04. The van der Waals surface area contributed by atoms with Crippen molar-refractivity contribution in [3.8, 4) is 0 Å². The molecule has 0 aromatic carbocycles. The van der Waals surface area contributed by atoms with Crippen molar-refractivity contribution < 1.29 is 19.1 Å². The highest BCUT2D eigenvalue weighted by Crippen LogP contribution is 2.20. The van der Waals surface area contributed by atoms with Crippen LogP contribution in [0, 0.1) is 0 Å². The lowest BCUT2D eigenvalue weighted by Gasteiger charge is -2.23. The van der Waals surface area contributed by atoms with Gasteiger partial charge in [0.05, 0.1) is 0 Å². The second kappa shape index (κ2) is 7.74. The van der Waals surface area contributed by atoms with Crippen molar-refractivity contribution in [1.29, 1.82) is 0 Å². The van der Waals surface area contributed by atoms with Gasteiger partial charge in [-0.3, -0.25) is 9.59 Å². The van der Waals surface area contributed by atoms with Crippen LogP contribution in [-0.2, 0) is 14.3 Å². The van der Waals surface area contributed by atoms with E-state index in [0.717, 1.165) is 31.9 Å². The van der Waals surface area contributed by atoms with E-state index >= 15 is 0 Å². The van der Waals surface area contributed by atoms with E-state index in [4.69, 9.17) is 16.0 Å². The Morgan fingerprint density at radius 1 is 1.39 bits per heavy atom. The average Bonchev–Trinajstić information content (AvgIpc) is 2.37. The molecule has 1 saturated carbocycles. The molecule has 1 aliphatic rings. The van der Waals surface area contributed by atoms with Crippen LogP contribution < -0.4 is 5.73 Å². The van der Waals surface area contributed by atoms with Gasteiger partial charge >= 0.3 is 12.2 Å². The van der Waals surface area contributed by atoms with Gasteiger partial charge in [0.1, 0.15) is 12.1 Å². The molecule has 0 spiro atoms. The molecule has 6 heteroatoms. The van der Waals surface area contributed by atoms with Crippen LogP contribution in [0.15, 0.2) is 0 Å². The smallest absolute Gasteiger partial charge is 0.323 e. The molecule has 1 atom stereocenters. The summed E-state index contributed by atoms with van der Waals surface area (Å²) in [7, 11) is 0. The zero-order valence-corrected chi connectivity index (χ0v) is 10.4. The maximum absolute atomic E-state index is 11.6. The Hall–Kier alpha value is -1.52. The van der Waals surface area contributed by atoms with E-state index in [1.165, 1.54) is 6.42 Å². The van der Waals surface area contributed by atoms with Crippen LogP contribution in [0.1, 0.15) is 44.9 Å². The van der Waals surface area contributed by atoms with Gasteiger partial charge in [-0.15, -0.1) is 0 Å². The van der Waals surface area contributed by atoms with E-state index < -0.39 is 12.0 Å². The van der Waals surface area contributed by atoms with Gasteiger partial charge in [-0.1, -0.05) is 6.42 Å². The fraction of sp³-hybridized carbons (Fsp3) is 0.750. The highest BCUT2D eigenvalue weighted by atomic mass is 16.5. The summed E-state index contributed by atoms with van der Waals surface area (Å²) in [5.41, 5.74) is 13.8. The number of esters is 1. The van der Waals surface area contributed by atoms with Crippen LogP contribution in [0.3, 0.4) is 0 Å². The minimum absolute atomic E-state index is 0.0213. The highest BCUT2D eigenvalue weighted by Gasteiger charge is 2.22. The molecular weight excluding hydrogens is 234 g/mol. The van der Waals surface area contributed by atoms with Crippen molar-refractivity contribution in [2.24, 2.45) is 5.73 Å². The Bertz CT molecular complexity index is 344. The first-order chi connectivity index (χ1) is 8.63. The number of ketones is 1. The summed E-state index contributed by atoms with van der Waals surface area (Å²) < 4.78 is 5.29. The molecule has 1 unspecified atom stereocenters. The summed E-state index contributed by atoms with van der Waals surface area (Å²) in [5.74, 6) is -0.811. The van der Waals surface area contributed by atoms with Gasteiger partial charge in [-0.25, -0.2) is 0 Å². The Morgan fingerprint density at radius 2 is 2.06 bits per heavy atom. The van der Waals surface area contributed by atoms with E-state index in [9.17, 15) is 9.59 Å². The molecule has 1 aliphatic carbocycles. The highest BCUT2D eigenvalue weighted by molar-refractivity contribution is 6.25. The lowest BCUT2D eigenvalue weighted by Crippen LogP contribution is -2.36. The second-order valence-corrected chi connectivity index (χ2v) is 4.55. The van der Waals surface area contributed by atoms with E-state index in [1.807, 2.05) is 0 Å². The first-order valence-electron chi connectivity index (χ1n) is 6.30. The summed E-state index contributed by atoms with van der Waals surface area (Å²) in [6, 6.07) is -0.789. The second-order valence-electron chi connectivity index (χ2n) is 4.55. The summed E-state index contributed by atoms with van der Waals surface area (Å²) in [4.78, 5) is 25.3. The molecule has 6 nitrogen and oxygen atoms in total. The van der Waals surface area contributed by atoms with Crippen molar-refractivity contribution in [2.45, 2.75) is 57.1 Å². The van der Waals surface area contributed by atoms with Gasteiger partial charge in [-0.2, -0.15) is 4.79 Å². The summed E-state index contributed by atoms with van der Waals surface area (Å²) in [5, 5.41) is 0. The maximum atomic E-state index is 11.6. The summed E-state index contributed by atoms with van der Waals surface area (Å²) in [6.45, 7) is 0. The fourth-order valence-electron chi connectivity index (χ4n) is 1.98. The molecule has 0 aromatic rings. The minimum Gasteiger partial charge on any atom is -0.461 e. The molecule has 2 N–H and O–H groups in total. The van der Waals surface area contributed by atoms with Crippen LogP contribution in [0.2, 0.25) is 0 Å². The van der Waals surface area contributed by atoms with Crippen molar-refractivity contribution in [3.63, 3.8) is 0 Å². The van der Waals surface area contributed by atoms with Crippen LogP contribution in [0.5, 0.6) is 0 Å². The fourth-order valence-corrected chi connectivity index (χ4v) is 1.98. The molecule has 0 aromatic heterocycles.